The number of benzene rings is 1. The fourth-order valence-corrected chi connectivity index (χ4v) is 1.27. The third-order valence-electron chi connectivity index (χ3n) is 2.10. The Labute approximate surface area is 92.1 Å². The average molecular weight is 229 g/mol. The van der Waals surface area contributed by atoms with Crippen LogP contribution in [0, 0.1) is 11.6 Å². The Morgan fingerprint density at radius 1 is 1.31 bits per heavy atom. The summed E-state index contributed by atoms with van der Waals surface area (Å²) in [7, 11) is 0. The maximum absolute atomic E-state index is 13.1. The van der Waals surface area contributed by atoms with E-state index in [0.29, 0.717) is 25.1 Å². The molecule has 0 radical (unpaired) electrons. The molecule has 0 aliphatic heterocycles. The van der Waals surface area contributed by atoms with Crippen LogP contribution in [0.25, 0.3) is 0 Å². The van der Waals surface area contributed by atoms with Crippen molar-refractivity contribution in [3.63, 3.8) is 0 Å². The van der Waals surface area contributed by atoms with Crippen LogP contribution in [0.4, 0.5) is 8.78 Å². The molecule has 0 saturated heterocycles. The van der Waals surface area contributed by atoms with Crippen molar-refractivity contribution in [3.8, 4) is 0 Å². The fraction of sp³-hybridized carbons (Fsp3) is 0.364. The smallest absolute Gasteiger partial charge is 0.304 e. The number of rotatable bonds is 6. The summed E-state index contributed by atoms with van der Waals surface area (Å²) in [5.74, 6) is -2.04. The van der Waals surface area contributed by atoms with Gasteiger partial charge >= 0.3 is 5.97 Å². The van der Waals surface area contributed by atoms with Crippen molar-refractivity contribution >= 4 is 5.97 Å². The molecule has 0 spiro atoms. The van der Waals surface area contributed by atoms with Crippen LogP contribution in [0.15, 0.2) is 18.2 Å². The van der Waals surface area contributed by atoms with Crippen LogP contribution in [0.3, 0.4) is 0 Å². The van der Waals surface area contributed by atoms with Crippen molar-refractivity contribution in [2.45, 2.75) is 12.8 Å². The Morgan fingerprint density at radius 3 is 2.69 bits per heavy atom. The predicted octanol–water partition coefficient (Wildman–Crippen LogP) is 1.57. The van der Waals surface area contributed by atoms with E-state index in [1.165, 1.54) is 12.1 Å². The minimum Gasteiger partial charge on any atom is -0.481 e. The maximum Gasteiger partial charge on any atom is 0.304 e. The van der Waals surface area contributed by atoms with Crippen molar-refractivity contribution in [1.29, 1.82) is 0 Å². The van der Waals surface area contributed by atoms with Crippen LogP contribution in [-0.2, 0) is 11.2 Å². The highest BCUT2D eigenvalue weighted by molar-refractivity contribution is 5.66. The van der Waals surface area contributed by atoms with Gasteiger partial charge in [-0.3, -0.25) is 4.79 Å². The SMILES string of the molecule is O=C(O)CCNCCc1ccc(F)cc1F. The number of aliphatic carboxylic acids is 1. The summed E-state index contributed by atoms with van der Waals surface area (Å²) in [5.41, 5.74) is 0.421. The minimum atomic E-state index is -0.875. The van der Waals surface area contributed by atoms with Gasteiger partial charge in [0.05, 0.1) is 6.42 Å². The quantitative estimate of drug-likeness (QED) is 0.728. The largest absolute Gasteiger partial charge is 0.481 e. The first kappa shape index (κ1) is 12.6. The van der Waals surface area contributed by atoms with Gasteiger partial charge in [-0.25, -0.2) is 8.78 Å². The topological polar surface area (TPSA) is 49.3 Å². The van der Waals surface area contributed by atoms with E-state index in [1.54, 1.807) is 0 Å². The highest BCUT2D eigenvalue weighted by Crippen LogP contribution is 2.09. The first-order valence-electron chi connectivity index (χ1n) is 4.96. The van der Waals surface area contributed by atoms with E-state index >= 15 is 0 Å². The molecule has 5 heteroatoms. The Balaban J connectivity index is 2.29. The molecule has 1 rings (SSSR count). The van der Waals surface area contributed by atoms with Crippen molar-refractivity contribution < 1.29 is 18.7 Å². The molecule has 0 heterocycles. The molecule has 0 bridgehead atoms. The van der Waals surface area contributed by atoms with Crippen molar-refractivity contribution in [1.82, 2.24) is 5.32 Å². The lowest BCUT2D eigenvalue weighted by Crippen LogP contribution is -2.21. The zero-order chi connectivity index (χ0) is 12.0. The molecule has 3 nitrogen and oxygen atoms in total. The van der Waals surface area contributed by atoms with Crippen LogP contribution < -0.4 is 5.32 Å². The van der Waals surface area contributed by atoms with Crippen molar-refractivity contribution in [2.24, 2.45) is 0 Å². The number of carboxylic acids is 1. The molecule has 0 aromatic heterocycles. The highest BCUT2D eigenvalue weighted by Gasteiger charge is 2.03. The van der Waals surface area contributed by atoms with E-state index in [4.69, 9.17) is 5.11 Å². The lowest BCUT2D eigenvalue weighted by atomic mass is 10.1. The predicted molar refractivity (Wildman–Crippen MR) is 55.2 cm³/mol. The van der Waals surface area contributed by atoms with Crippen LogP contribution >= 0.6 is 0 Å². The molecule has 0 saturated carbocycles. The maximum atomic E-state index is 13.1. The number of hydrogen-bond donors (Lipinski definition) is 2. The molecular weight excluding hydrogens is 216 g/mol. The molecule has 0 unspecified atom stereocenters. The lowest BCUT2D eigenvalue weighted by molar-refractivity contribution is -0.136. The van der Waals surface area contributed by atoms with Gasteiger partial charge in [0.25, 0.3) is 0 Å². The molecule has 1 aromatic carbocycles. The van der Waals surface area contributed by atoms with Crippen LogP contribution in [0.2, 0.25) is 0 Å². The summed E-state index contributed by atoms with van der Waals surface area (Å²) < 4.78 is 25.7. The highest BCUT2D eigenvalue weighted by atomic mass is 19.1. The number of hydrogen-bond acceptors (Lipinski definition) is 2. The molecule has 0 atom stereocenters. The number of carboxylic acid groups (broad SMARTS) is 1. The van der Waals surface area contributed by atoms with Gasteiger partial charge in [-0.2, -0.15) is 0 Å². The summed E-state index contributed by atoms with van der Waals surface area (Å²) in [6.45, 7) is 0.813. The average Bonchev–Trinajstić information content (AvgIpc) is 2.20. The first-order valence-corrected chi connectivity index (χ1v) is 4.96. The summed E-state index contributed by atoms with van der Waals surface area (Å²) >= 11 is 0. The molecule has 1 aromatic rings. The molecule has 0 aliphatic rings. The van der Waals surface area contributed by atoms with Crippen LogP contribution in [0.1, 0.15) is 12.0 Å². The van der Waals surface area contributed by atoms with Crippen LogP contribution in [0.5, 0.6) is 0 Å². The van der Waals surface area contributed by atoms with Crippen molar-refractivity contribution in [2.75, 3.05) is 13.1 Å². The van der Waals surface area contributed by atoms with E-state index < -0.39 is 17.6 Å². The molecule has 0 amide bonds. The van der Waals surface area contributed by atoms with Gasteiger partial charge < -0.3 is 10.4 Å². The Morgan fingerprint density at radius 2 is 2.06 bits per heavy atom. The molecular formula is C11H13F2NO2. The second-order valence-electron chi connectivity index (χ2n) is 3.38. The van der Waals surface area contributed by atoms with Gasteiger partial charge in [-0.1, -0.05) is 6.07 Å². The third kappa shape index (κ3) is 4.35. The molecule has 88 valence electrons. The fourth-order valence-electron chi connectivity index (χ4n) is 1.27. The van der Waals surface area contributed by atoms with Gasteiger partial charge in [0.15, 0.2) is 0 Å². The molecule has 0 fully saturated rings. The standard InChI is InChI=1S/C11H13F2NO2/c12-9-2-1-8(10(13)7-9)3-5-14-6-4-11(15)16/h1-2,7,14H,3-6H2,(H,15,16). The number of nitrogens with one attached hydrogen (secondary N) is 1. The Kier molecular flexibility index (Phi) is 4.85. The third-order valence-corrected chi connectivity index (χ3v) is 2.10. The monoisotopic (exact) mass is 229 g/mol. The summed E-state index contributed by atoms with van der Waals surface area (Å²) in [5, 5.41) is 11.2. The molecule has 16 heavy (non-hydrogen) atoms. The summed E-state index contributed by atoms with van der Waals surface area (Å²) in [4.78, 5) is 10.2. The van der Waals surface area contributed by atoms with Gasteiger partial charge in [0, 0.05) is 12.6 Å². The second-order valence-corrected chi connectivity index (χ2v) is 3.38. The number of carbonyl (C=O) groups is 1. The van der Waals surface area contributed by atoms with Crippen molar-refractivity contribution in [3.05, 3.63) is 35.4 Å². The lowest BCUT2D eigenvalue weighted by Gasteiger charge is -2.04. The summed E-state index contributed by atoms with van der Waals surface area (Å²) in [6, 6.07) is 3.44. The Hall–Kier alpha value is -1.49. The van der Waals surface area contributed by atoms with E-state index in [-0.39, 0.29) is 6.42 Å². The number of halogens is 2. The van der Waals surface area contributed by atoms with E-state index in [1.807, 2.05) is 0 Å². The zero-order valence-corrected chi connectivity index (χ0v) is 8.67. The normalized spacial score (nSPS) is 10.4. The van der Waals surface area contributed by atoms with Gasteiger partial charge in [0.1, 0.15) is 11.6 Å². The van der Waals surface area contributed by atoms with E-state index in [0.717, 1.165) is 6.07 Å². The minimum absolute atomic E-state index is 0.0336. The molecule has 0 aliphatic carbocycles. The van der Waals surface area contributed by atoms with Gasteiger partial charge in [0.2, 0.25) is 0 Å². The van der Waals surface area contributed by atoms with Gasteiger partial charge in [-0.15, -0.1) is 0 Å². The molecule has 2 N–H and O–H groups in total. The van der Waals surface area contributed by atoms with E-state index in [2.05, 4.69) is 5.32 Å². The van der Waals surface area contributed by atoms with E-state index in [9.17, 15) is 13.6 Å². The zero-order valence-electron chi connectivity index (χ0n) is 8.67. The summed E-state index contributed by atoms with van der Waals surface area (Å²) in [6.07, 6.45) is 0.442. The second kappa shape index (κ2) is 6.17. The Bertz CT molecular complexity index is 369. The first-order chi connectivity index (χ1) is 7.59. The van der Waals surface area contributed by atoms with Gasteiger partial charge in [-0.05, 0) is 24.6 Å². The van der Waals surface area contributed by atoms with Crippen LogP contribution in [-0.4, -0.2) is 24.2 Å².